The summed E-state index contributed by atoms with van der Waals surface area (Å²) in [5, 5.41) is 3.10. The molecule has 2 aromatic rings. The molecule has 1 heterocycles. The van der Waals surface area contributed by atoms with Crippen LogP contribution >= 0.6 is 0 Å². The van der Waals surface area contributed by atoms with Gasteiger partial charge in [0.1, 0.15) is 5.78 Å². The van der Waals surface area contributed by atoms with Gasteiger partial charge in [-0.2, -0.15) is 0 Å². The lowest BCUT2D eigenvalue weighted by Gasteiger charge is -2.11. The van der Waals surface area contributed by atoms with Crippen LogP contribution in [0.1, 0.15) is 25.0 Å². The largest absolute Gasteiger partial charge is 0.480 e. The topological polar surface area (TPSA) is 76.5 Å². The van der Waals surface area contributed by atoms with Crippen LogP contribution in [-0.4, -0.2) is 35.8 Å². The maximum atomic E-state index is 11.3. The zero-order valence-electron chi connectivity index (χ0n) is 15.8. The number of anilines is 1. The van der Waals surface area contributed by atoms with Crippen LogP contribution in [-0.2, 0) is 16.0 Å². The number of methoxy groups -OCH3 is 1. The Morgan fingerprint density at radius 3 is 2.46 bits per heavy atom. The van der Waals surface area contributed by atoms with E-state index < -0.39 is 0 Å². The summed E-state index contributed by atoms with van der Waals surface area (Å²) in [5.41, 5.74) is 4.75. The van der Waals surface area contributed by atoms with E-state index in [1.165, 1.54) is 0 Å². The van der Waals surface area contributed by atoms with Gasteiger partial charge in [0.15, 0.2) is 0 Å². The molecule has 26 heavy (non-hydrogen) atoms. The van der Waals surface area contributed by atoms with Gasteiger partial charge in [-0.25, -0.2) is 9.97 Å². The number of allylic oxidation sites excluding steroid dienone is 1. The Balaban J connectivity index is 2.19. The molecule has 136 valence electrons. The summed E-state index contributed by atoms with van der Waals surface area (Å²) in [6.45, 7) is 5.49. The fourth-order valence-corrected chi connectivity index (χ4v) is 2.57. The molecule has 0 saturated carbocycles. The molecule has 0 aliphatic rings. The standard InChI is InChI=1S/C20H24N4O2/c1-6-18(19(21-4)26-5)24-20-22-11-17(12-23-20)16-8-7-15(10-14(3)25)13(2)9-16/h6-9,11-12H,10H2,1-5H3,(H,22,23,24)/b18-6+,21-19?. The van der Waals surface area contributed by atoms with Gasteiger partial charge < -0.3 is 10.1 Å². The average molecular weight is 352 g/mol. The van der Waals surface area contributed by atoms with Gasteiger partial charge in [0.25, 0.3) is 0 Å². The summed E-state index contributed by atoms with van der Waals surface area (Å²) >= 11 is 0. The highest BCUT2D eigenvalue weighted by Gasteiger charge is 2.09. The first-order valence-corrected chi connectivity index (χ1v) is 8.34. The molecule has 2 rings (SSSR count). The molecule has 0 radical (unpaired) electrons. The van der Waals surface area contributed by atoms with Crippen LogP contribution in [0.4, 0.5) is 5.95 Å². The van der Waals surface area contributed by atoms with Gasteiger partial charge >= 0.3 is 0 Å². The summed E-state index contributed by atoms with van der Waals surface area (Å²) in [5.74, 6) is 1.10. The molecule has 0 aliphatic carbocycles. The zero-order valence-corrected chi connectivity index (χ0v) is 15.8. The van der Waals surface area contributed by atoms with Crippen molar-refractivity contribution in [2.24, 2.45) is 4.99 Å². The normalized spacial score (nSPS) is 12.0. The summed E-state index contributed by atoms with van der Waals surface area (Å²) in [6, 6.07) is 6.02. The third-order valence-corrected chi connectivity index (χ3v) is 3.93. The van der Waals surface area contributed by atoms with Crippen LogP contribution in [0.25, 0.3) is 11.1 Å². The molecule has 1 N–H and O–H groups in total. The Bertz CT molecular complexity index is 839. The van der Waals surface area contributed by atoms with Crippen LogP contribution < -0.4 is 5.32 Å². The Labute approximate surface area is 154 Å². The van der Waals surface area contributed by atoms with E-state index in [4.69, 9.17) is 4.74 Å². The van der Waals surface area contributed by atoms with Crippen molar-refractivity contribution in [3.05, 3.63) is 53.5 Å². The average Bonchev–Trinajstić information content (AvgIpc) is 2.63. The van der Waals surface area contributed by atoms with E-state index in [1.54, 1.807) is 33.5 Å². The first-order valence-electron chi connectivity index (χ1n) is 8.34. The quantitative estimate of drug-likeness (QED) is 0.635. The van der Waals surface area contributed by atoms with E-state index in [0.717, 1.165) is 22.3 Å². The predicted octanol–water partition coefficient (Wildman–Crippen LogP) is 3.57. The fraction of sp³-hybridized carbons (Fsp3) is 0.300. The predicted molar refractivity (Wildman–Crippen MR) is 104 cm³/mol. The molecule has 0 aliphatic heterocycles. The monoisotopic (exact) mass is 352 g/mol. The molecule has 0 saturated heterocycles. The number of ether oxygens (including phenoxy) is 1. The van der Waals surface area contributed by atoms with Crippen LogP contribution in [0.3, 0.4) is 0 Å². The molecular formula is C20H24N4O2. The van der Waals surface area contributed by atoms with Crippen molar-refractivity contribution in [3.8, 4) is 11.1 Å². The highest BCUT2D eigenvalue weighted by Crippen LogP contribution is 2.22. The molecule has 0 amide bonds. The molecular weight excluding hydrogens is 328 g/mol. The van der Waals surface area contributed by atoms with Crippen molar-refractivity contribution in [2.75, 3.05) is 19.5 Å². The number of aryl methyl sites for hydroxylation is 1. The first kappa shape index (κ1) is 19.3. The number of nitrogens with zero attached hydrogens (tertiary/aromatic N) is 3. The number of benzene rings is 1. The molecule has 0 unspecified atom stereocenters. The molecule has 6 nitrogen and oxygen atoms in total. The van der Waals surface area contributed by atoms with Crippen molar-refractivity contribution >= 4 is 17.6 Å². The molecule has 1 aromatic carbocycles. The summed E-state index contributed by atoms with van der Waals surface area (Å²) in [4.78, 5) is 24.1. The number of hydrogen-bond acceptors (Lipinski definition) is 6. The van der Waals surface area contributed by atoms with E-state index >= 15 is 0 Å². The van der Waals surface area contributed by atoms with Crippen LogP contribution in [0.15, 0.2) is 47.4 Å². The summed E-state index contributed by atoms with van der Waals surface area (Å²) in [7, 11) is 3.22. The molecule has 0 spiro atoms. The maximum absolute atomic E-state index is 11.3. The molecule has 0 fully saturated rings. The van der Waals surface area contributed by atoms with Crippen molar-refractivity contribution in [1.82, 2.24) is 9.97 Å². The van der Waals surface area contributed by atoms with E-state index in [0.29, 0.717) is 24.0 Å². The van der Waals surface area contributed by atoms with Crippen molar-refractivity contribution in [1.29, 1.82) is 0 Å². The minimum Gasteiger partial charge on any atom is -0.480 e. The zero-order chi connectivity index (χ0) is 19.1. The number of nitrogens with one attached hydrogen (secondary N) is 1. The van der Waals surface area contributed by atoms with Gasteiger partial charge in [-0.05, 0) is 37.5 Å². The Kier molecular flexibility index (Phi) is 6.60. The second-order valence-electron chi connectivity index (χ2n) is 5.88. The lowest BCUT2D eigenvalue weighted by atomic mass is 9.99. The number of Topliss-reactive ketones (excluding diaryl/α,β-unsaturated/α-hetero) is 1. The van der Waals surface area contributed by atoms with Gasteiger partial charge in [0.05, 0.1) is 12.8 Å². The highest BCUT2D eigenvalue weighted by atomic mass is 16.5. The smallest absolute Gasteiger partial charge is 0.232 e. The lowest BCUT2D eigenvalue weighted by Crippen LogP contribution is -2.14. The third kappa shape index (κ3) is 4.75. The molecule has 0 atom stereocenters. The maximum Gasteiger partial charge on any atom is 0.232 e. The van der Waals surface area contributed by atoms with E-state index in [1.807, 2.05) is 38.1 Å². The number of rotatable bonds is 6. The second-order valence-corrected chi connectivity index (χ2v) is 5.88. The minimum absolute atomic E-state index is 0.158. The number of aromatic nitrogens is 2. The summed E-state index contributed by atoms with van der Waals surface area (Å²) in [6.07, 6.45) is 5.83. The highest BCUT2D eigenvalue weighted by molar-refractivity contribution is 5.95. The lowest BCUT2D eigenvalue weighted by molar-refractivity contribution is -0.116. The Hall–Kier alpha value is -3.02. The van der Waals surface area contributed by atoms with Gasteiger partial charge in [-0.3, -0.25) is 9.79 Å². The molecule has 1 aromatic heterocycles. The number of aliphatic imine (C=N–C) groups is 1. The van der Waals surface area contributed by atoms with E-state index in [-0.39, 0.29) is 5.78 Å². The van der Waals surface area contributed by atoms with Crippen LogP contribution in [0.5, 0.6) is 0 Å². The van der Waals surface area contributed by atoms with Gasteiger partial charge in [0, 0.05) is 31.4 Å². The van der Waals surface area contributed by atoms with E-state index in [2.05, 4.69) is 20.3 Å². The number of carbonyl (C=O) groups excluding carboxylic acids is 1. The Morgan fingerprint density at radius 1 is 1.27 bits per heavy atom. The fourth-order valence-electron chi connectivity index (χ4n) is 2.57. The number of ketones is 1. The minimum atomic E-state index is 0.158. The second kappa shape index (κ2) is 8.89. The Morgan fingerprint density at radius 2 is 1.96 bits per heavy atom. The van der Waals surface area contributed by atoms with Crippen molar-refractivity contribution < 1.29 is 9.53 Å². The SMILES string of the molecule is C/C=C(/Nc1ncc(-c2ccc(CC(C)=O)c(C)c2)cn1)C(=NC)OC. The van der Waals surface area contributed by atoms with Gasteiger partial charge in [-0.15, -0.1) is 0 Å². The van der Waals surface area contributed by atoms with Gasteiger partial charge in [0.2, 0.25) is 11.8 Å². The number of hydrogen-bond donors (Lipinski definition) is 1. The van der Waals surface area contributed by atoms with Crippen LogP contribution in [0.2, 0.25) is 0 Å². The molecule has 6 heteroatoms. The summed E-state index contributed by atoms with van der Waals surface area (Å²) < 4.78 is 5.21. The molecule has 0 bridgehead atoms. The van der Waals surface area contributed by atoms with Crippen LogP contribution in [0, 0.1) is 6.92 Å². The first-order chi connectivity index (χ1) is 12.5. The third-order valence-electron chi connectivity index (χ3n) is 3.93. The van der Waals surface area contributed by atoms with Crippen molar-refractivity contribution in [2.45, 2.75) is 27.2 Å². The van der Waals surface area contributed by atoms with E-state index in [9.17, 15) is 4.79 Å². The number of carbonyl (C=O) groups is 1. The van der Waals surface area contributed by atoms with Gasteiger partial charge in [-0.1, -0.05) is 24.3 Å². The van der Waals surface area contributed by atoms with Crippen molar-refractivity contribution in [3.63, 3.8) is 0 Å².